The van der Waals surface area contributed by atoms with Crippen molar-refractivity contribution >= 4 is 0 Å². The van der Waals surface area contributed by atoms with E-state index >= 15 is 0 Å². The van der Waals surface area contributed by atoms with Gasteiger partial charge in [-0.25, -0.2) is 4.79 Å². The van der Waals surface area contributed by atoms with Gasteiger partial charge >= 0.3 is 5.63 Å². The number of hydrogen-bond donors (Lipinski definition) is 1. The van der Waals surface area contributed by atoms with Crippen LogP contribution in [0.5, 0.6) is 5.75 Å². The third kappa shape index (κ3) is 2.95. The fraction of sp³-hybridized carbons (Fsp3) is 0.238. The maximum Gasteiger partial charge on any atom is 0.348 e. The minimum Gasteiger partial charge on any atom is -0.507 e. The van der Waals surface area contributed by atoms with Crippen molar-refractivity contribution in [1.29, 1.82) is 0 Å². The van der Waals surface area contributed by atoms with E-state index in [4.69, 9.17) is 4.42 Å². The Labute approximate surface area is 146 Å². The van der Waals surface area contributed by atoms with Crippen LogP contribution in [-0.4, -0.2) is 10.1 Å². The SMILES string of the molecule is CCc1cc(C)cc(C)c1-c1c(O)c(C)c(-c2cccnc2)oc1=O. The summed E-state index contributed by atoms with van der Waals surface area (Å²) in [6.07, 6.45) is 4.02. The zero-order valence-corrected chi connectivity index (χ0v) is 14.9. The topological polar surface area (TPSA) is 63.3 Å². The Bertz CT molecular complexity index is 988. The summed E-state index contributed by atoms with van der Waals surface area (Å²) in [5.41, 5.74) is 4.76. The molecule has 1 N–H and O–H groups in total. The summed E-state index contributed by atoms with van der Waals surface area (Å²) in [4.78, 5) is 16.8. The first kappa shape index (κ1) is 17.0. The number of rotatable bonds is 3. The molecule has 0 radical (unpaired) electrons. The quantitative estimate of drug-likeness (QED) is 0.762. The van der Waals surface area contributed by atoms with Gasteiger partial charge in [0.05, 0.1) is 0 Å². The van der Waals surface area contributed by atoms with Crippen LogP contribution < -0.4 is 5.63 Å². The fourth-order valence-corrected chi connectivity index (χ4v) is 3.30. The van der Waals surface area contributed by atoms with Crippen molar-refractivity contribution in [3.63, 3.8) is 0 Å². The summed E-state index contributed by atoms with van der Waals surface area (Å²) in [6, 6.07) is 7.62. The predicted molar refractivity (Wildman–Crippen MR) is 98.9 cm³/mol. The number of hydrogen-bond acceptors (Lipinski definition) is 4. The summed E-state index contributed by atoms with van der Waals surface area (Å²) in [5.74, 6) is 0.318. The molecule has 0 atom stereocenters. The van der Waals surface area contributed by atoms with E-state index in [1.54, 1.807) is 31.5 Å². The van der Waals surface area contributed by atoms with Crippen LogP contribution in [-0.2, 0) is 6.42 Å². The molecule has 0 aliphatic carbocycles. The third-order valence-electron chi connectivity index (χ3n) is 4.45. The van der Waals surface area contributed by atoms with E-state index in [2.05, 4.69) is 4.98 Å². The molecule has 4 heteroatoms. The molecule has 0 saturated heterocycles. The number of aromatic hydroxyl groups is 1. The van der Waals surface area contributed by atoms with Crippen LogP contribution in [0.1, 0.15) is 29.2 Å². The summed E-state index contributed by atoms with van der Waals surface area (Å²) < 4.78 is 5.59. The molecule has 0 spiro atoms. The minimum absolute atomic E-state index is 0.0308. The highest BCUT2D eigenvalue weighted by Crippen LogP contribution is 2.38. The lowest BCUT2D eigenvalue weighted by Gasteiger charge is -2.16. The molecule has 3 rings (SSSR count). The van der Waals surface area contributed by atoms with E-state index in [9.17, 15) is 9.90 Å². The first-order valence-electron chi connectivity index (χ1n) is 8.31. The zero-order chi connectivity index (χ0) is 18.1. The summed E-state index contributed by atoms with van der Waals surface area (Å²) >= 11 is 0. The lowest BCUT2D eigenvalue weighted by Crippen LogP contribution is -2.09. The second kappa shape index (κ2) is 6.55. The van der Waals surface area contributed by atoms with Crippen molar-refractivity contribution in [1.82, 2.24) is 4.98 Å². The summed E-state index contributed by atoms with van der Waals surface area (Å²) in [5, 5.41) is 10.8. The fourth-order valence-electron chi connectivity index (χ4n) is 3.30. The number of benzene rings is 1. The average molecular weight is 335 g/mol. The van der Waals surface area contributed by atoms with Gasteiger partial charge in [-0.2, -0.15) is 0 Å². The van der Waals surface area contributed by atoms with Crippen LogP contribution in [0.25, 0.3) is 22.5 Å². The van der Waals surface area contributed by atoms with Crippen LogP contribution in [0.3, 0.4) is 0 Å². The summed E-state index contributed by atoms with van der Waals surface area (Å²) in [7, 11) is 0. The van der Waals surface area contributed by atoms with Gasteiger partial charge in [-0.15, -0.1) is 0 Å². The van der Waals surface area contributed by atoms with Gasteiger partial charge in [0.2, 0.25) is 0 Å². The number of aromatic nitrogens is 1. The molecule has 0 bridgehead atoms. The maximum atomic E-state index is 12.7. The molecule has 3 aromatic rings. The molecule has 0 fully saturated rings. The Morgan fingerprint density at radius 3 is 2.56 bits per heavy atom. The van der Waals surface area contributed by atoms with Crippen molar-refractivity contribution in [3.8, 4) is 28.2 Å². The predicted octanol–water partition coefficient (Wildman–Crippen LogP) is 4.56. The van der Waals surface area contributed by atoms with Crippen LogP contribution >= 0.6 is 0 Å². The second-order valence-corrected chi connectivity index (χ2v) is 6.28. The molecule has 0 saturated carbocycles. The van der Waals surface area contributed by atoms with Gasteiger partial charge in [0, 0.05) is 23.5 Å². The molecular weight excluding hydrogens is 314 g/mol. The molecule has 0 unspecified atom stereocenters. The molecular formula is C21H21NO3. The highest BCUT2D eigenvalue weighted by Gasteiger charge is 2.22. The molecule has 2 aromatic heterocycles. The number of nitrogens with zero attached hydrogens (tertiary/aromatic N) is 1. The van der Waals surface area contributed by atoms with E-state index in [1.165, 1.54) is 0 Å². The van der Waals surface area contributed by atoms with Gasteiger partial charge in [0.25, 0.3) is 0 Å². The highest BCUT2D eigenvalue weighted by atomic mass is 16.4. The minimum atomic E-state index is -0.538. The van der Waals surface area contributed by atoms with E-state index in [0.717, 1.165) is 28.7 Å². The average Bonchev–Trinajstić information content (AvgIpc) is 2.60. The Balaban J connectivity index is 2.31. The van der Waals surface area contributed by atoms with Crippen molar-refractivity contribution in [2.75, 3.05) is 0 Å². The number of pyridine rings is 1. The highest BCUT2D eigenvalue weighted by molar-refractivity contribution is 5.79. The third-order valence-corrected chi connectivity index (χ3v) is 4.45. The maximum absolute atomic E-state index is 12.7. The summed E-state index contributed by atoms with van der Waals surface area (Å²) in [6.45, 7) is 7.76. The molecule has 0 aliphatic heterocycles. The van der Waals surface area contributed by atoms with Gasteiger partial charge < -0.3 is 9.52 Å². The van der Waals surface area contributed by atoms with E-state index < -0.39 is 5.63 Å². The Hall–Kier alpha value is -2.88. The van der Waals surface area contributed by atoms with Crippen LogP contribution in [0.15, 0.2) is 45.9 Å². The van der Waals surface area contributed by atoms with Gasteiger partial charge in [-0.1, -0.05) is 24.6 Å². The monoisotopic (exact) mass is 335 g/mol. The molecule has 2 heterocycles. The molecule has 25 heavy (non-hydrogen) atoms. The Morgan fingerprint density at radius 1 is 1.16 bits per heavy atom. The van der Waals surface area contributed by atoms with Crippen molar-refractivity contribution in [2.24, 2.45) is 0 Å². The van der Waals surface area contributed by atoms with E-state index in [-0.39, 0.29) is 11.3 Å². The largest absolute Gasteiger partial charge is 0.507 e. The van der Waals surface area contributed by atoms with E-state index in [1.807, 2.05) is 32.9 Å². The lowest BCUT2D eigenvalue weighted by atomic mass is 9.91. The second-order valence-electron chi connectivity index (χ2n) is 6.28. The van der Waals surface area contributed by atoms with Gasteiger partial charge in [-0.3, -0.25) is 4.98 Å². The van der Waals surface area contributed by atoms with Crippen LogP contribution in [0.4, 0.5) is 0 Å². The smallest absolute Gasteiger partial charge is 0.348 e. The number of aryl methyl sites for hydroxylation is 3. The van der Waals surface area contributed by atoms with E-state index in [0.29, 0.717) is 16.9 Å². The van der Waals surface area contributed by atoms with Crippen molar-refractivity contribution < 1.29 is 9.52 Å². The van der Waals surface area contributed by atoms with Gasteiger partial charge in [0.15, 0.2) is 0 Å². The lowest BCUT2D eigenvalue weighted by molar-refractivity contribution is 0.450. The first-order chi connectivity index (χ1) is 11.9. The van der Waals surface area contributed by atoms with Crippen LogP contribution in [0, 0.1) is 20.8 Å². The van der Waals surface area contributed by atoms with Crippen LogP contribution in [0.2, 0.25) is 0 Å². The molecule has 0 amide bonds. The first-order valence-corrected chi connectivity index (χ1v) is 8.31. The molecule has 4 nitrogen and oxygen atoms in total. The normalized spacial score (nSPS) is 10.9. The van der Waals surface area contributed by atoms with Crippen molar-refractivity contribution in [3.05, 3.63) is 69.3 Å². The zero-order valence-electron chi connectivity index (χ0n) is 14.9. The molecule has 1 aromatic carbocycles. The molecule has 0 aliphatic rings. The molecule has 128 valence electrons. The Kier molecular flexibility index (Phi) is 4.45. The Morgan fingerprint density at radius 2 is 1.92 bits per heavy atom. The standard InChI is InChI=1S/C21H21NO3/c1-5-15-10-12(2)9-13(3)17(15)18-19(23)14(4)20(25-21(18)24)16-7-6-8-22-11-16/h6-11,23H,5H2,1-4H3. The van der Waals surface area contributed by atoms with Gasteiger partial charge in [-0.05, 0) is 56.0 Å². The van der Waals surface area contributed by atoms with Crippen molar-refractivity contribution in [2.45, 2.75) is 34.1 Å². The van der Waals surface area contributed by atoms with Gasteiger partial charge in [0.1, 0.15) is 17.1 Å².